The molecule has 176 valence electrons. The molecule has 2 aliphatic rings. The molecule has 6 amide bonds. The summed E-state index contributed by atoms with van der Waals surface area (Å²) in [6, 6.07) is -0.480. The first-order valence-corrected chi connectivity index (χ1v) is 12.3. The van der Waals surface area contributed by atoms with Crippen LogP contribution in [0.5, 0.6) is 0 Å². The lowest BCUT2D eigenvalue weighted by Gasteiger charge is -2.19. The second-order valence-electron chi connectivity index (χ2n) is 8.65. The molecule has 0 bridgehead atoms. The van der Waals surface area contributed by atoms with Crippen LogP contribution in [0.4, 0.5) is 9.59 Å². The maximum Gasteiger partial charge on any atom is 0.324 e. The summed E-state index contributed by atoms with van der Waals surface area (Å²) >= 11 is 0. The SMILES string of the molecule is O=C1CCCCCN1C(=O)NCCCCCCCCCNC(=O)N1CCCCCC1=O. The lowest BCUT2D eigenvalue weighted by molar-refractivity contribution is -0.128. The number of hydrogen-bond acceptors (Lipinski definition) is 4. The summed E-state index contributed by atoms with van der Waals surface area (Å²) in [4.78, 5) is 50.8. The highest BCUT2D eigenvalue weighted by Crippen LogP contribution is 2.12. The minimum atomic E-state index is -0.240. The fraction of sp³-hybridized carbons (Fsp3) is 0.826. The van der Waals surface area contributed by atoms with Gasteiger partial charge in [-0.3, -0.25) is 19.4 Å². The Kier molecular flexibility index (Phi) is 12.0. The van der Waals surface area contributed by atoms with Gasteiger partial charge in [0.1, 0.15) is 0 Å². The molecule has 0 aliphatic carbocycles. The van der Waals surface area contributed by atoms with Crippen molar-refractivity contribution in [3.8, 4) is 0 Å². The van der Waals surface area contributed by atoms with E-state index in [1.165, 1.54) is 9.80 Å². The standard InChI is InChI=1S/C23H40N4O4/c28-20-14-8-6-12-18-26(20)22(30)24-16-10-4-2-1-3-5-11-17-25-23(31)27-19-13-7-9-15-21(27)29/h1-19H2,(H,24,30)(H,25,31). The number of likely N-dealkylation sites (tertiary alicyclic amines) is 2. The quantitative estimate of drug-likeness (QED) is 0.507. The summed E-state index contributed by atoms with van der Waals surface area (Å²) in [6.07, 6.45) is 13.9. The third-order valence-electron chi connectivity index (χ3n) is 6.04. The van der Waals surface area contributed by atoms with Crippen LogP contribution in [0, 0.1) is 0 Å². The Hall–Kier alpha value is -2.12. The fourth-order valence-electron chi connectivity index (χ4n) is 4.11. The van der Waals surface area contributed by atoms with E-state index in [4.69, 9.17) is 0 Å². The second kappa shape index (κ2) is 14.8. The van der Waals surface area contributed by atoms with Crippen LogP contribution < -0.4 is 10.6 Å². The Labute approximate surface area is 186 Å². The van der Waals surface area contributed by atoms with Crippen LogP contribution in [0.2, 0.25) is 0 Å². The maximum absolute atomic E-state index is 12.1. The van der Waals surface area contributed by atoms with E-state index in [0.29, 0.717) is 39.0 Å². The van der Waals surface area contributed by atoms with Gasteiger partial charge in [0.05, 0.1) is 0 Å². The van der Waals surface area contributed by atoms with Gasteiger partial charge < -0.3 is 10.6 Å². The van der Waals surface area contributed by atoms with Gasteiger partial charge in [-0.15, -0.1) is 0 Å². The summed E-state index contributed by atoms with van der Waals surface area (Å²) in [6.45, 7) is 2.31. The van der Waals surface area contributed by atoms with Crippen LogP contribution in [0.15, 0.2) is 0 Å². The monoisotopic (exact) mass is 436 g/mol. The molecule has 0 aromatic heterocycles. The molecule has 2 heterocycles. The van der Waals surface area contributed by atoms with Crippen LogP contribution in [0.25, 0.3) is 0 Å². The molecular weight excluding hydrogens is 396 g/mol. The van der Waals surface area contributed by atoms with Gasteiger partial charge in [-0.05, 0) is 38.5 Å². The zero-order valence-electron chi connectivity index (χ0n) is 19.0. The van der Waals surface area contributed by atoms with Gasteiger partial charge in [-0.1, -0.05) is 44.9 Å². The summed E-state index contributed by atoms with van der Waals surface area (Å²) in [5, 5.41) is 5.74. The van der Waals surface area contributed by atoms with Gasteiger partial charge in [0.25, 0.3) is 0 Å². The second-order valence-corrected chi connectivity index (χ2v) is 8.65. The van der Waals surface area contributed by atoms with E-state index in [9.17, 15) is 19.2 Å². The summed E-state index contributed by atoms with van der Waals surface area (Å²) in [7, 11) is 0. The van der Waals surface area contributed by atoms with Gasteiger partial charge in [0.15, 0.2) is 0 Å². The zero-order valence-corrected chi connectivity index (χ0v) is 19.0. The van der Waals surface area contributed by atoms with Crippen molar-refractivity contribution in [1.29, 1.82) is 0 Å². The van der Waals surface area contributed by atoms with Gasteiger partial charge in [-0.25, -0.2) is 9.59 Å². The minimum absolute atomic E-state index is 0.0517. The van der Waals surface area contributed by atoms with Crippen LogP contribution >= 0.6 is 0 Å². The number of rotatable bonds is 10. The molecule has 2 aliphatic heterocycles. The topological polar surface area (TPSA) is 98.8 Å². The predicted octanol–water partition coefficient (Wildman–Crippen LogP) is 3.94. The average Bonchev–Trinajstić information content (AvgIpc) is 3.11. The number of amides is 6. The van der Waals surface area contributed by atoms with E-state index in [-0.39, 0.29) is 23.9 Å². The number of urea groups is 2. The predicted molar refractivity (Wildman–Crippen MR) is 119 cm³/mol. The number of nitrogens with one attached hydrogen (secondary N) is 2. The van der Waals surface area contributed by atoms with E-state index < -0.39 is 0 Å². The molecule has 0 aromatic rings. The number of carbonyl (C=O) groups excluding carboxylic acids is 4. The minimum Gasteiger partial charge on any atom is -0.338 e. The maximum atomic E-state index is 12.1. The van der Waals surface area contributed by atoms with Crippen molar-refractivity contribution in [3.05, 3.63) is 0 Å². The third-order valence-corrected chi connectivity index (χ3v) is 6.04. The van der Waals surface area contributed by atoms with Crippen LogP contribution in [-0.2, 0) is 9.59 Å². The third kappa shape index (κ3) is 9.70. The lowest BCUT2D eigenvalue weighted by Crippen LogP contribution is -2.43. The highest BCUT2D eigenvalue weighted by molar-refractivity contribution is 5.95. The molecular formula is C23H40N4O4. The molecule has 0 spiro atoms. The van der Waals surface area contributed by atoms with Crippen molar-refractivity contribution < 1.29 is 19.2 Å². The zero-order chi connectivity index (χ0) is 22.3. The molecule has 0 radical (unpaired) electrons. The molecule has 0 atom stereocenters. The molecule has 8 nitrogen and oxygen atoms in total. The molecule has 2 fully saturated rings. The van der Waals surface area contributed by atoms with Crippen molar-refractivity contribution in [2.24, 2.45) is 0 Å². The smallest absolute Gasteiger partial charge is 0.324 e. The number of imide groups is 2. The number of carbonyl (C=O) groups is 4. The summed E-state index contributed by atoms with van der Waals surface area (Å²) in [5.74, 6) is -0.103. The van der Waals surface area contributed by atoms with E-state index in [1.807, 2.05) is 0 Å². The average molecular weight is 437 g/mol. The van der Waals surface area contributed by atoms with Gasteiger partial charge in [0, 0.05) is 39.0 Å². The van der Waals surface area contributed by atoms with Crippen molar-refractivity contribution >= 4 is 23.9 Å². The normalized spacial score (nSPS) is 17.8. The highest BCUT2D eigenvalue weighted by atomic mass is 16.2. The van der Waals surface area contributed by atoms with Crippen molar-refractivity contribution in [2.75, 3.05) is 26.2 Å². The van der Waals surface area contributed by atoms with Gasteiger partial charge in [-0.2, -0.15) is 0 Å². The van der Waals surface area contributed by atoms with E-state index in [2.05, 4.69) is 10.6 Å². The fourth-order valence-corrected chi connectivity index (χ4v) is 4.11. The number of unbranched alkanes of at least 4 members (excludes halogenated alkanes) is 6. The Morgan fingerprint density at radius 2 is 0.968 bits per heavy atom. The summed E-state index contributed by atoms with van der Waals surface area (Å²) < 4.78 is 0. The van der Waals surface area contributed by atoms with E-state index in [1.54, 1.807) is 0 Å². The first-order valence-electron chi connectivity index (χ1n) is 12.3. The first-order chi connectivity index (χ1) is 15.1. The largest absolute Gasteiger partial charge is 0.338 e. The molecule has 0 saturated carbocycles. The Balaban J connectivity index is 1.41. The Morgan fingerprint density at radius 3 is 1.39 bits per heavy atom. The number of hydrogen-bond donors (Lipinski definition) is 2. The molecule has 2 N–H and O–H groups in total. The van der Waals surface area contributed by atoms with Crippen molar-refractivity contribution in [3.63, 3.8) is 0 Å². The van der Waals surface area contributed by atoms with Crippen molar-refractivity contribution in [1.82, 2.24) is 20.4 Å². The molecule has 2 saturated heterocycles. The van der Waals surface area contributed by atoms with E-state index in [0.717, 1.165) is 83.5 Å². The Bertz CT molecular complexity index is 546. The van der Waals surface area contributed by atoms with Gasteiger partial charge in [0.2, 0.25) is 11.8 Å². The molecule has 31 heavy (non-hydrogen) atoms. The van der Waals surface area contributed by atoms with E-state index >= 15 is 0 Å². The molecule has 0 unspecified atom stereocenters. The van der Waals surface area contributed by atoms with Crippen LogP contribution in [0.3, 0.4) is 0 Å². The lowest BCUT2D eigenvalue weighted by atomic mass is 10.1. The molecule has 0 aromatic carbocycles. The van der Waals surface area contributed by atoms with Gasteiger partial charge >= 0.3 is 12.1 Å². The van der Waals surface area contributed by atoms with Crippen LogP contribution in [0.1, 0.15) is 96.3 Å². The molecule has 2 rings (SSSR count). The van der Waals surface area contributed by atoms with Crippen molar-refractivity contribution in [2.45, 2.75) is 96.3 Å². The van der Waals surface area contributed by atoms with Crippen LogP contribution in [-0.4, -0.2) is 59.9 Å². The number of nitrogens with zero attached hydrogens (tertiary/aromatic N) is 2. The highest BCUT2D eigenvalue weighted by Gasteiger charge is 2.23. The molecule has 8 heteroatoms. The summed E-state index contributed by atoms with van der Waals surface area (Å²) in [5.41, 5.74) is 0. The first kappa shape index (κ1) is 25.1. The Morgan fingerprint density at radius 1 is 0.581 bits per heavy atom.